The van der Waals surface area contributed by atoms with Gasteiger partial charge in [0.2, 0.25) is 5.91 Å². The first-order chi connectivity index (χ1) is 9.28. The average molecular weight is 262 g/mol. The van der Waals surface area contributed by atoms with Crippen LogP contribution >= 0.6 is 0 Å². The average Bonchev–Trinajstić information content (AvgIpc) is 3.02. The second kappa shape index (κ2) is 6.80. The van der Waals surface area contributed by atoms with E-state index in [-0.39, 0.29) is 5.91 Å². The highest BCUT2D eigenvalue weighted by atomic mass is 16.3. The summed E-state index contributed by atoms with van der Waals surface area (Å²) < 4.78 is 10.6. The van der Waals surface area contributed by atoms with Crippen molar-refractivity contribution in [1.29, 1.82) is 0 Å². The molecule has 1 N–H and O–H groups in total. The standard InChI is InChI=1S/C14H18N2O3/c1-2-15-14(17)11-16(9-12-5-3-7-18-12)10-13-6-4-8-19-13/h3-8H,2,9-11H2,1H3,(H,15,17). The first-order valence-corrected chi connectivity index (χ1v) is 6.31. The van der Waals surface area contributed by atoms with E-state index in [9.17, 15) is 4.79 Å². The highest BCUT2D eigenvalue weighted by Crippen LogP contribution is 2.10. The lowest BCUT2D eigenvalue weighted by Crippen LogP contribution is -2.36. The molecule has 2 aromatic rings. The second-order valence-electron chi connectivity index (χ2n) is 4.26. The second-order valence-corrected chi connectivity index (χ2v) is 4.26. The molecule has 102 valence electrons. The van der Waals surface area contributed by atoms with Gasteiger partial charge in [-0.2, -0.15) is 0 Å². The van der Waals surface area contributed by atoms with Gasteiger partial charge < -0.3 is 14.2 Å². The van der Waals surface area contributed by atoms with Crippen molar-refractivity contribution in [3.05, 3.63) is 48.3 Å². The van der Waals surface area contributed by atoms with Crippen LogP contribution in [0.1, 0.15) is 18.4 Å². The minimum Gasteiger partial charge on any atom is -0.468 e. The largest absolute Gasteiger partial charge is 0.468 e. The molecule has 0 aromatic carbocycles. The molecule has 0 radical (unpaired) electrons. The van der Waals surface area contributed by atoms with Gasteiger partial charge in [-0.15, -0.1) is 0 Å². The lowest BCUT2D eigenvalue weighted by molar-refractivity contribution is -0.122. The van der Waals surface area contributed by atoms with Crippen molar-refractivity contribution in [2.24, 2.45) is 0 Å². The molecule has 1 amide bonds. The molecule has 0 aliphatic rings. The molecule has 0 saturated heterocycles. The predicted molar refractivity (Wildman–Crippen MR) is 70.2 cm³/mol. The summed E-state index contributed by atoms with van der Waals surface area (Å²) in [4.78, 5) is 13.7. The predicted octanol–water partition coefficient (Wildman–Crippen LogP) is 2.01. The fourth-order valence-corrected chi connectivity index (χ4v) is 1.87. The number of carbonyl (C=O) groups excluding carboxylic acids is 1. The first-order valence-electron chi connectivity index (χ1n) is 6.31. The molecule has 5 heteroatoms. The van der Waals surface area contributed by atoms with Crippen LogP contribution in [0.15, 0.2) is 45.6 Å². The molecular formula is C14H18N2O3. The Labute approximate surface area is 112 Å². The number of nitrogens with one attached hydrogen (secondary N) is 1. The zero-order valence-electron chi connectivity index (χ0n) is 11.0. The third-order valence-electron chi connectivity index (χ3n) is 2.66. The van der Waals surface area contributed by atoms with E-state index in [4.69, 9.17) is 8.83 Å². The maximum Gasteiger partial charge on any atom is 0.234 e. The van der Waals surface area contributed by atoms with Crippen molar-refractivity contribution in [3.63, 3.8) is 0 Å². The van der Waals surface area contributed by atoms with Gasteiger partial charge >= 0.3 is 0 Å². The van der Waals surface area contributed by atoms with Crippen molar-refractivity contribution >= 4 is 5.91 Å². The summed E-state index contributed by atoms with van der Waals surface area (Å²) in [5.74, 6) is 1.66. The van der Waals surface area contributed by atoms with Crippen LogP contribution in [0, 0.1) is 0 Å². The van der Waals surface area contributed by atoms with Crippen molar-refractivity contribution in [1.82, 2.24) is 10.2 Å². The SMILES string of the molecule is CCNC(=O)CN(Cc1ccco1)Cc1ccco1. The van der Waals surface area contributed by atoms with Crippen LogP contribution in [0.2, 0.25) is 0 Å². The Hall–Kier alpha value is -2.01. The topological polar surface area (TPSA) is 58.6 Å². The number of amides is 1. The Morgan fingerprint density at radius 2 is 1.74 bits per heavy atom. The minimum atomic E-state index is 0.000567. The van der Waals surface area contributed by atoms with Crippen LogP contribution in [0.4, 0.5) is 0 Å². The molecule has 2 rings (SSSR count). The van der Waals surface area contributed by atoms with Crippen molar-refractivity contribution in [2.45, 2.75) is 20.0 Å². The minimum absolute atomic E-state index is 0.000567. The molecular weight excluding hydrogens is 244 g/mol. The molecule has 0 aliphatic carbocycles. The summed E-state index contributed by atoms with van der Waals surface area (Å²) in [5.41, 5.74) is 0. The van der Waals surface area contributed by atoms with Crippen LogP contribution in [0.5, 0.6) is 0 Å². The normalized spacial score (nSPS) is 10.8. The Kier molecular flexibility index (Phi) is 4.80. The van der Waals surface area contributed by atoms with E-state index >= 15 is 0 Å². The maximum absolute atomic E-state index is 11.7. The van der Waals surface area contributed by atoms with Crippen LogP contribution in [-0.4, -0.2) is 23.9 Å². The Morgan fingerprint density at radius 3 is 2.16 bits per heavy atom. The lowest BCUT2D eigenvalue weighted by Gasteiger charge is -2.19. The van der Waals surface area contributed by atoms with Crippen molar-refractivity contribution < 1.29 is 13.6 Å². The van der Waals surface area contributed by atoms with E-state index < -0.39 is 0 Å². The van der Waals surface area contributed by atoms with E-state index in [2.05, 4.69) is 5.32 Å². The molecule has 2 aromatic heterocycles. The Bertz CT molecular complexity index is 441. The number of furan rings is 2. The van der Waals surface area contributed by atoms with Gasteiger partial charge in [-0.05, 0) is 31.2 Å². The molecule has 0 unspecified atom stereocenters. The third-order valence-corrected chi connectivity index (χ3v) is 2.66. The van der Waals surface area contributed by atoms with Crippen LogP contribution in [0.25, 0.3) is 0 Å². The quantitative estimate of drug-likeness (QED) is 0.829. The van der Waals surface area contributed by atoms with Gasteiger partial charge in [0, 0.05) is 6.54 Å². The fraction of sp³-hybridized carbons (Fsp3) is 0.357. The summed E-state index contributed by atoms with van der Waals surface area (Å²) in [5, 5.41) is 2.79. The van der Waals surface area contributed by atoms with Crippen molar-refractivity contribution in [3.8, 4) is 0 Å². The van der Waals surface area contributed by atoms with E-state index in [0.29, 0.717) is 26.2 Å². The zero-order chi connectivity index (χ0) is 13.5. The number of hydrogen-bond acceptors (Lipinski definition) is 4. The summed E-state index contributed by atoms with van der Waals surface area (Å²) in [6.45, 7) is 4.00. The number of carbonyl (C=O) groups is 1. The molecule has 19 heavy (non-hydrogen) atoms. The molecule has 0 fully saturated rings. The number of hydrogen-bond donors (Lipinski definition) is 1. The molecule has 0 bridgehead atoms. The molecule has 5 nitrogen and oxygen atoms in total. The van der Waals surface area contributed by atoms with Gasteiger partial charge in [-0.3, -0.25) is 9.69 Å². The smallest absolute Gasteiger partial charge is 0.234 e. The molecule has 0 atom stereocenters. The summed E-state index contributed by atoms with van der Waals surface area (Å²) in [6.07, 6.45) is 3.26. The highest BCUT2D eigenvalue weighted by molar-refractivity contribution is 5.77. The van der Waals surface area contributed by atoms with Gasteiger partial charge in [0.05, 0.1) is 32.2 Å². The van der Waals surface area contributed by atoms with E-state index in [1.165, 1.54) is 0 Å². The summed E-state index contributed by atoms with van der Waals surface area (Å²) >= 11 is 0. The van der Waals surface area contributed by atoms with Gasteiger partial charge in [0.1, 0.15) is 11.5 Å². The number of nitrogens with zero attached hydrogens (tertiary/aromatic N) is 1. The van der Waals surface area contributed by atoms with Gasteiger partial charge in [0.15, 0.2) is 0 Å². The molecule has 0 spiro atoms. The summed E-state index contributed by atoms with van der Waals surface area (Å²) in [6, 6.07) is 7.47. The zero-order valence-corrected chi connectivity index (χ0v) is 11.0. The Balaban J connectivity index is 1.97. The first kappa shape index (κ1) is 13.4. The van der Waals surface area contributed by atoms with Gasteiger partial charge in [-0.25, -0.2) is 0 Å². The van der Waals surface area contributed by atoms with Gasteiger partial charge in [-0.1, -0.05) is 0 Å². The monoisotopic (exact) mass is 262 g/mol. The number of rotatable bonds is 7. The van der Waals surface area contributed by atoms with Crippen LogP contribution in [-0.2, 0) is 17.9 Å². The maximum atomic E-state index is 11.7. The molecule has 0 aliphatic heterocycles. The number of likely N-dealkylation sites (N-methyl/N-ethyl adjacent to an activating group) is 1. The molecule has 2 heterocycles. The van der Waals surface area contributed by atoms with Crippen LogP contribution in [0.3, 0.4) is 0 Å². The highest BCUT2D eigenvalue weighted by Gasteiger charge is 2.14. The van der Waals surface area contributed by atoms with E-state index in [0.717, 1.165) is 11.5 Å². The summed E-state index contributed by atoms with van der Waals surface area (Å²) in [7, 11) is 0. The third kappa shape index (κ3) is 4.30. The van der Waals surface area contributed by atoms with Crippen molar-refractivity contribution in [2.75, 3.05) is 13.1 Å². The van der Waals surface area contributed by atoms with E-state index in [1.54, 1.807) is 12.5 Å². The van der Waals surface area contributed by atoms with Crippen LogP contribution < -0.4 is 5.32 Å². The fourth-order valence-electron chi connectivity index (χ4n) is 1.87. The lowest BCUT2D eigenvalue weighted by atomic mass is 10.3. The Morgan fingerprint density at radius 1 is 1.16 bits per heavy atom. The van der Waals surface area contributed by atoms with E-state index in [1.807, 2.05) is 36.1 Å². The van der Waals surface area contributed by atoms with Gasteiger partial charge in [0.25, 0.3) is 0 Å². The molecule has 0 saturated carbocycles.